The second-order valence-corrected chi connectivity index (χ2v) is 4.16. The van der Waals surface area contributed by atoms with Crippen LogP contribution in [0.25, 0.3) is 0 Å². The van der Waals surface area contributed by atoms with Gasteiger partial charge in [0.05, 0.1) is 10.6 Å². The van der Waals surface area contributed by atoms with E-state index in [1.807, 2.05) is 47.8 Å². The van der Waals surface area contributed by atoms with Crippen LogP contribution < -0.4 is 5.43 Å². The van der Waals surface area contributed by atoms with Crippen molar-refractivity contribution in [1.29, 1.82) is 0 Å². The van der Waals surface area contributed by atoms with Crippen LogP contribution in [0.1, 0.15) is 4.88 Å². The van der Waals surface area contributed by atoms with E-state index in [2.05, 4.69) is 10.5 Å². The maximum Gasteiger partial charge on any atom is 0.166 e. The normalized spacial score (nSPS) is 11.4. The van der Waals surface area contributed by atoms with Crippen molar-refractivity contribution in [2.75, 3.05) is 5.43 Å². The Labute approximate surface area is 97.2 Å². The van der Waals surface area contributed by atoms with Gasteiger partial charge >= 0.3 is 0 Å². The first kappa shape index (κ1) is 10.2. The molecule has 0 radical (unpaired) electrons. The van der Waals surface area contributed by atoms with Crippen molar-refractivity contribution in [1.82, 2.24) is 0 Å². The summed E-state index contributed by atoms with van der Waals surface area (Å²) >= 11 is 7.56. The van der Waals surface area contributed by atoms with Crippen molar-refractivity contribution in [3.05, 3.63) is 52.7 Å². The van der Waals surface area contributed by atoms with E-state index in [1.165, 1.54) is 0 Å². The maximum absolute atomic E-state index is 6.00. The fourth-order valence-electron chi connectivity index (χ4n) is 1.08. The molecule has 1 N–H and O–H groups in total. The number of hydrogen-bond acceptors (Lipinski definition) is 3. The lowest BCUT2D eigenvalue weighted by Gasteiger charge is -1.99. The minimum absolute atomic E-state index is 0.480. The molecule has 0 aliphatic heterocycles. The highest BCUT2D eigenvalue weighted by atomic mass is 35.5. The fraction of sp³-hybridized carbons (Fsp3) is 0. The maximum atomic E-state index is 6.00. The summed E-state index contributed by atoms with van der Waals surface area (Å²) in [4.78, 5) is 0.958. The lowest BCUT2D eigenvalue weighted by molar-refractivity contribution is 1.35. The van der Waals surface area contributed by atoms with Crippen LogP contribution in [0, 0.1) is 0 Å². The van der Waals surface area contributed by atoms with Crippen LogP contribution in [0.5, 0.6) is 0 Å². The quantitative estimate of drug-likeness (QED) is 0.637. The Bertz CT molecular complexity index is 437. The van der Waals surface area contributed by atoms with Gasteiger partial charge in [0.1, 0.15) is 0 Å². The SMILES string of the molecule is Cl/C(=N\Nc1ccccc1)c1cccs1. The average Bonchev–Trinajstić information content (AvgIpc) is 2.81. The molecule has 0 unspecified atom stereocenters. The zero-order chi connectivity index (χ0) is 10.5. The fourth-order valence-corrected chi connectivity index (χ4v) is 1.92. The van der Waals surface area contributed by atoms with Crippen molar-refractivity contribution in [3.8, 4) is 0 Å². The molecule has 2 nitrogen and oxygen atoms in total. The van der Waals surface area contributed by atoms with Gasteiger partial charge in [0.15, 0.2) is 5.17 Å². The number of halogens is 1. The first-order chi connectivity index (χ1) is 7.36. The topological polar surface area (TPSA) is 24.4 Å². The lowest BCUT2D eigenvalue weighted by Crippen LogP contribution is -1.94. The molecule has 0 amide bonds. The summed E-state index contributed by atoms with van der Waals surface area (Å²) in [5, 5.41) is 6.53. The average molecular weight is 237 g/mol. The molecule has 2 aromatic rings. The monoisotopic (exact) mass is 236 g/mol. The second-order valence-electron chi connectivity index (χ2n) is 2.86. The van der Waals surface area contributed by atoms with E-state index >= 15 is 0 Å². The van der Waals surface area contributed by atoms with Gasteiger partial charge < -0.3 is 0 Å². The molecule has 0 atom stereocenters. The second kappa shape index (κ2) is 4.96. The molecule has 1 aromatic carbocycles. The molecule has 4 heteroatoms. The van der Waals surface area contributed by atoms with Gasteiger partial charge in [-0.2, -0.15) is 5.10 Å². The molecular formula is C11H9ClN2S. The Morgan fingerprint density at radius 3 is 2.60 bits per heavy atom. The summed E-state index contributed by atoms with van der Waals surface area (Å²) in [5.41, 5.74) is 3.82. The molecule has 0 bridgehead atoms. The molecule has 1 aromatic heterocycles. The van der Waals surface area contributed by atoms with Crippen molar-refractivity contribution >= 4 is 33.8 Å². The standard InChI is InChI=1S/C11H9ClN2S/c12-11(10-7-4-8-15-10)14-13-9-5-2-1-3-6-9/h1-8,13H/b14-11-. The molecular weight excluding hydrogens is 228 g/mol. The van der Waals surface area contributed by atoms with Gasteiger partial charge in [-0.1, -0.05) is 35.9 Å². The van der Waals surface area contributed by atoms with Crippen LogP contribution in [0.2, 0.25) is 0 Å². The van der Waals surface area contributed by atoms with E-state index in [1.54, 1.807) is 11.3 Å². The zero-order valence-electron chi connectivity index (χ0n) is 7.85. The van der Waals surface area contributed by atoms with Crippen molar-refractivity contribution in [2.45, 2.75) is 0 Å². The summed E-state index contributed by atoms with van der Waals surface area (Å²) in [7, 11) is 0. The zero-order valence-corrected chi connectivity index (χ0v) is 9.42. The molecule has 2 rings (SSSR count). The molecule has 15 heavy (non-hydrogen) atoms. The van der Waals surface area contributed by atoms with E-state index in [0.29, 0.717) is 5.17 Å². The molecule has 0 saturated heterocycles. The number of para-hydroxylation sites is 1. The predicted molar refractivity (Wildman–Crippen MR) is 66.8 cm³/mol. The van der Waals surface area contributed by atoms with E-state index in [9.17, 15) is 0 Å². The largest absolute Gasteiger partial charge is 0.277 e. The van der Waals surface area contributed by atoms with Gasteiger partial charge in [0.25, 0.3) is 0 Å². The van der Waals surface area contributed by atoms with Crippen molar-refractivity contribution in [2.24, 2.45) is 5.10 Å². The third kappa shape index (κ3) is 2.81. The minimum Gasteiger partial charge on any atom is -0.277 e. The first-order valence-electron chi connectivity index (χ1n) is 4.44. The highest BCUT2D eigenvalue weighted by Crippen LogP contribution is 2.13. The third-order valence-corrected chi connectivity index (χ3v) is 3.06. The molecule has 0 saturated carbocycles. The summed E-state index contributed by atoms with van der Waals surface area (Å²) < 4.78 is 0. The molecule has 0 aliphatic carbocycles. The molecule has 76 valence electrons. The smallest absolute Gasteiger partial charge is 0.166 e. The van der Waals surface area contributed by atoms with Crippen LogP contribution in [0.15, 0.2) is 52.9 Å². The van der Waals surface area contributed by atoms with Gasteiger partial charge in [0.2, 0.25) is 0 Å². The van der Waals surface area contributed by atoms with Crippen LogP contribution >= 0.6 is 22.9 Å². The Balaban J connectivity index is 2.06. The Morgan fingerprint density at radius 1 is 1.13 bits per heavy atom. The molecule has 1 heterocycles. The van der Waals surface area contributed by atoms with Crippen LogP contribution in [0.4, 0.5) is 5.69 Å². The molecule has 0 fully saturated rings. The van der Waals surface area contributed by atoms with Gasteiger partial charge in [-0.05, 0) is 23.6 Å². The van der Waals surface area contributed by atoms with E-state index in [4.69, 9.17) is 11.6 Å². The summed E-state index contributed by atoms with van der Waals surface area (Å²) in [5.74, 6) is 0. The van der Waals surface area contributed by atoms with Crippen LogP contribution in [-0.2, 0) is 0 Å². The minimum atomic E-state index is 0.480. The van der Waals surface area contributed by atoms with Crippen LogP contribution in [0.3, 0.4) is 0 Å². The van der Waals surface area contributed by atoms with Gasteiger partial charge in [-0.25, -0.2) is 0 Å². The number of thiophene rings is 1. The number of benzene rings is 1. The van der Waals surface area contributed by atoms with Crippen molar-refractivity contribution < 1.29 is 0 Å². The number of hydrogen-bond donors (Lipinski definition) is 1. The number of nitrogens with one attached hydrogen (secondary N) is 1. The van der Waals surface area contributed by atoms with E-state index < -0.39 is 0 Å². The third-order valence-electron chi connectivity index (χ3n) is 1.78. The first-order valence-corrected chi connectivity index (χ1v) is 5.70. The van der Waals surface area contributed by atoms with Gasteiger partial charge in [-0.3, -0.25) is 5.43 Å². The highest BCUT2D eigenvalue weighted by Gasteiger charge is 1.99. The summed E-state index contributed by atoms with van der Waals surface area (Å²) in [6.45, 7) is 0. The van der Waals surface area contributed by atoms with Crippen LogP contribution in [-0.4, -0.2) is 5.17 Å². The predicted octanol–water partition coefficient (Wildman–Crippen LogP) is 3.76. The summed E-state index contributed by atoms with van der Waals surface area (Å²) in [6.07, 6.45) is 0. The number of anilines is 1. The number of rotatable bonds is 3. The number of nitrogens with zero attached hydrogens (tertiary/aromatic N) is 1. The Morgan fingerprint density at radius 2 is 1.93 bits per heavy atom. The Kier molecular flexibility index (Phi) is 3.37. The lowest BCUT2D eigenvalue weighted by atomic mass is 10.3. The number of hydrazone groups is 1. The van der Waals surface area contributed by atoms with E-state index in [-0.39, 0.29) is 0 Å². The van der Waals surface area contributed by atoms with Gasteiger partial charge in [-0.15, -0.1) is 11.3 Å². The molecule has 0 aliphatic rings. The van der Waals surface area contributed by atoms with Crippen molar-refractivity contribution in [3.63, 3.8) is 0 Å². The van der Waals surface area contributed by atoms with E-state index in [0.717, 1.165) is 10.6 Å². The van der Waals surface area contributed by atoms with Gasteiger partial charge in [0, 0.05) is 0 Å². The Hall–Kier alpha value is -1.32. The molecule has 0 spiro atoms. The summed E-state index contributed by atoms with van der Waals surface area (Å²) in [6, 6.07) is 13.6. The highest BCUT2D eigenvalue weighted by molar-refractivity contribution is 7.14.